The summed E-state index contributed by atoms with van der Waals surface area (Å²) in [6.07, 6.45) is 2.62. The summed E-state index contributed by atoms with van der Waals surface area (Å²) in [5.41, 5.74) is 1.15. The lowest BCUT2D eigenvalue weighted by Crippen LogP contribution is -2.29. The minimum atomic E-state index is -0.427. The van der Waals surface area contributed by atoms with E-state index in [9.17, 15) is 9.18 Å². The van der Waals surface area contributed by atoms with Gasteiger partial charge in [0.05, 0.1) is 7.11 Å². The number of nitrogens with zero attached hydrogens (tertiary/aromatic N) is 2. The molecule has 146 valence electrons. The number of aromatic nitrogens is 2. The third-order valence-corrected chi connectivity index (χ3v) is 4.75. The molecule has 0 saturated carbocycles. The molecule has 0 saturated heterocycles. The van der Waals surface area contributed by atoms with Gasteiger partial charge in [-0.15, -0.1) is 0 Å². The van der Waals surface area contributed by atoms with Crippen molar-refractivity contribution in [3.8, 4) is 17.1 Å². The van der Waals surface area contributed by atoms with Gasteiger partial charge in [0.25, 0.3) is 5.91 Å². The maximum atomic E-state index is 13.1. The molecule has 8 heteroatoms. The summed E-state index contributed by atoms with van der Waals surface area (Å²) in [5.74, 6) is 1.57. The van der Waals surface area contributed by atoms with Crippen molar-refractivity contribution in [3.63, 3.8) is 0 Å². The first-order valence-electron chi connectivity index (χ1n) is 8.64. The lowest BCUT2D eigenvalue weighted by molar-refractivity contribution is 0.0927. The first kappa shape index (κ1) is 19.9. The zero-order valence-electron chi connectivity index (χ0n) is 15.5. The van der Waals surface area contributed by atoms with Gasteiger partial charge in [-0.05, 0) is 67.0 Å². The second kappa shape index (κ2) is 9.36. The number of hydrogen-bond donors (Lipinski definition) is 1. The molecule has 3 rings (SSSR count). The van der Waals surface area contributed by atoms with Gasteiger partial charge >= 0.3 is 0 Å². The van der Waals surface area contributed by atoms with Crippen LogP contribution in [-0.2, 0) is 0 Å². The van der Waals surface area contributed by atoms with Gasteiger partial charge in [-0.25, -0.2) is 4.39 Å². The van der Waals surface area contributed by atoms with Crippen LogP contribution < -0.4 is 10.1 Å². The predicted octanol–water partition coefficient (Wildman–Crippen LogP) is 4.11. The summed E-state index contributed by atoms with van der Waals surface area (Å²) in [7, 11) is 1.57. The first-order valence-corrected chi connectivity index (χ1v) is 10.0. The van der Waals surface area contributed by atoms with E-state index in [1.165, 1.54) is 12.1 Å². The van der Waals surface area contributed by atoms with Crippen molar-refractivity contribution in [1.29, 1.82) is 0 Å². The number of rotatable bonds is 8. The van der Waals surface area contributed by atoms with Crippen molar-refractivity contribution in [2.45, 2.75) is 12.5 Å². The highest BCUT2D eigenvalue weighted by atomic mass is 32.2. The maximum absolute atomic E-state index is 13.1. The molecular formula is C20H20FN3O3S. The van der Waals surface area contributed by atoms with Crippen molar-refractivity contribution >= 4 is 17.7 Å². The topological polar surface area (TPSA) is 77.2 Å². The number of methoxy groups -OCH3 is 1. The second-order valence-corrected chi connectivity index (χ2v) is 6.98. The molecular weight excluding hydrogens is 381 g/mol. The number of nitrogens with one attached hydrogen (secondary N) is 1. The van der Waals surface area contributed by atoms with E-state index in [2.05, 4.69) is 15.5 Å². The van der Waals surface area contributed by atoms with Crippen LogP contribution in [0.5, 0.6) is 5.75 Å². The highest BCUT2D eigenvalue weighted by Gasteiger charge is 2.22. The van der Waals surface area contributed by atoms with Crippen molar-refractivity contribution in [3.05, 3.63) is 65.8 Å². The van der Waals surface area contributed by atoms with E-state index in [1.807, 2.05) is 6.26 Å². The van der Waals surface area contributed by atoms with Crippen LogP contribution in [0.2, 0.25) is 0 Å². The lowest BCUT2D eigenvalue weighted by Gasteiger charge is -2.14. The Balaban J connectivity index is 1.77. The largest absolute Gasteiger partial charge is 0.497 e. The quantitative estimate of drug-likeness (QED) is 0.612. The third-order valence-electron chi connectivity index (χ3n) is 4.11. The van der Waals surface area contributed by atoms with E-state index in [0.29, 0.717) is 35.0 Å². The molecule has 0 fully saturated rings. The average molecular weight is 401 g/mol. The fraction of sp³-hybridized carbons (Fsp3) is 0.250. The molecule has 3 aromatic rings. The van der Waals surface area contributed by atoms with Crippen LogP contribution >= 0.6 is 11.8 Å². The number of ether oxygens (including phenoxy) is 1. The third kappa shape index (κ3) is 4.89. The minimum absolute atomic E-state index is 0.240. The van der Waals surface area contributed by atoms with Gasteiger partial charge in [-0.3, -0.25) is 4.79 Å². The lowest BCUT2D eigenvalue weighted by atomic mass is 10.1. The number of thioether (sulfide) groups is 1. The Labute approximate surface area is 166 Å². The average Bonchev–Trinajstić information content (AvgIpc) is 3.21. The Morgan fingerprint density at radius 2 is 1.93 bits per heavy atom. The summed E-state index contributed by atoms with van der Waals surface area (Å²) in [6, 6.07) is 12.2. The molecule has 6 nitrogen and oxygen atoms in total. The maximum Gasteiger partial charge on any atom is 0.251 e. The highest BCUT2D eigenvalue weighted by molar-refractivity contribution is 7.98. The molecule has 1 heterocycles. The SMILES string of the molecule is COc1ccc(C(=O)N[C@H](CCSC)c2nc(-c3ccc(F)cc3)no2)cc1. The zero-order valence-corrected chi connectivity index (χ0v) is 16.3. The number of amides is 1. The summed E-state index contributed by atoms with van der Waals surface area (Å²) in [5, 5.41) is 6.91. The summed E-state index contributed by atoms with van der Waals surface area (Å²) in [6.45, 7) is 0. The summed E-state index contributed by atoms with van der Waals surface area (Å²) in [4.78, 5) is 17.0. The number of carbonyl (C=O) groups excluding carboxylic acids is 1. The van der Waals surface area contributed by atoms with Gasteiger partial charge in [0.1, 0.15) is 17.6 Å². The second-order valence-electron chi connectivity index (χ2n) is 6.00. The van der Waals surface area contributed by atoms with Crippen molar-refractivity contribution in [2.24, 2.45) is 0 Å². The van der Waals surface area contributed by atoms with Gasteiger partial charge in [0.15, 0.2) is 0 Å². The van der Waals surface area contributed by atoms with Gasteiger partial charge < -0.3 is 14.6 Å². The van der Waals surface area contributed by atoms with Crippen molar-refractivity contribution in [1.82, 2.24) is 15.5 Å². The molecule has 1 atom stereocenters. The molecule has 0 unspecified atom stereocenters. The van der Waals surface area contributed by atoms with Gasteiger partial charge in [-0.1, -0.05) is 5.16 Å². The van der Waals surface area contributed by atoms with E-state index in [-0.39, 0.29) is 11.7 Å². The Kier molecular flexibility index (Phi) is 6.65. The highest BCUT2D eigenvalue weighted by Crippen LogP contribution is 2.22. The molecule has 1 aromatic heterocycles. The van der Waals surface area contributed by atoms with E-state index in [0.717, 1.165) is 5.75 Å². The molecule has 0 radical (unpaired) electrons. The van der Waals surface area contributed by atoms with Gasteiger partial charge in [0.2, 0.25) is 11.7 Å². The zero-order chi connectivity index (χ0) is 19.9. The Hall–Kier alpha value is -2.87. The number of hydrogen-bond acceptors (Lipinski definition) is 6. The molecule has 0 aliphatic heterocycles. The van der Waals surface area contributed by atoms with Gasteiger partial charge in [-0.2, -0.15) is 16.7 Å². The van der Waals surface area contributed by atoms with E-state index < -0.39 is 6.04 Å². The van der Waals surface area contributed by atoms with Crippen LogP contribution in [0, 0.1) is 5.82 Å². The van der Waals surface area contributed by atoms with Crippen molar-refractivity contribution in [2.75, 3.05) is 19.1 Å². The molecule has 0 aliphatic carbocycles. The van der Waals surface area contributed by atoms with Crippen LogP contribution in [0.25, 0.3) is 11.4 Å². The first-order chi connectivity index (χ1) is 13.6. The van der Waals surface area contributed by atoms with Crippen LogP contribution in [0.1, 0.15) is 28.7 Å². The van der Waals surface area contributed by atoms with E-state index in [1.54, 1.807) is 55.3 Å². The number of carbonyl (C=O) groups is 1. The van der Waals surface area contributed by atoms with Crippen LogP contribution in [-0.4, -0.2) is 35.2 Å². The molecule has 1 amide bonds. The minimum Gasteiger partial charge on any atom is -0.497 e. The van der Waals surface area contributed by atoms with E-state index >= 15 is 0 Å². The van der Waals surface area contributed by atoms with Crippen LogP contribution in [0.4, 0.5) is 4.39 Å². The van der Waals surface area contributed by atoms with Crippen LogP contribution in [0.3, 0.4) is 0 Å². The molecule has 2 aromatic carbocycles. The number of halogens is 1. The van der Waals surface area contributed by atoms with Gasteiger partial charge in [0, 0.05) is 11.1 Å². The van der Waals surface area contributed by atoms with Crippen LogP contribution in [0.15, 0.2) is 53.1 Å². The Bertz CT molecular complexity index is 913. The summed E-state index contributed by atoms with van der Waals surface area (Å²) >= 11 is 1.66. The smallest absolute Gasteiger partial charge is 0.251 e. The fourth-order valence-electron chi connectivity index (χ4n) is 2.57. The molecule has 0 bridgehead atoms. The summed E-state index contributed by atoms with van der Waals surface area (Å²) < 4.78 is 23.6. The standard InChI is InChI=1S/C20H20FN3O3S/c1-26-16-9-5-14(6-10-16)19(25)22-17(11-12-28-2)20-23-18(24-27-20)13-3-7-15(21)8-4-13/h3-10,17H,11-12H2,1-2H3,(H,22,25)/t17-/m1/s1. The van der Waals surface area contributed by atoms with E-state index in [4.69, 9.17) is 9.26 Å². The molecule has 1 N–H and O–H groups in total. The Morgan fingerprint density at radius 1 is 1.21 bits per heavy atom. The monoisotopic (exact) mass is 401 g/mol. The normalized spacial score (nSPS) is 11.8. The number of benzene rings is 2. The molecule has 28 heavy (non-hydrogen) atoms. The van der Waals surface area contributed by atoms with Crippen molar-refractivity contribution < 1.29 is 18.4 Å². The fourth-order valence-corrected chi connectivity index (χ4v) is 3.04. The Morgan fingerprint density at radius 3 is 2.57 bits per heavy atom. The molecule has 0 spiro atoms. The molecule has 0 aliphatic rings. The predicted molar refractivity (Wildman–Crippen MR) is 106 cm³/mol.